The second-order valence-electron chi connectivity index (χ2n) is 4.73. The molecular weight excluding hydrogens is 268 g/mol. The molecule has 0 amide bonds. The van der Waals surface area contributed by atoms with Crippen LogP contribution in [0.4, 0.5) is 11.4 Å². The van der Waals surface area contributed by atoms with E-state index in [1.54, 1.807) is 6.21 Å². The molecule has 0 aliphatic rings. The van der Waals surface area contributed by atoms with E-state index < -0.39 is 0 Å². The summed E-state index contributed by atoms with van der Waals surface area (Å²) in [6, 6.07) is 28.8. The fourth-order valence-electron chi connectivity index (χ4n) is 1.99. The predicted octanol–water partition coefficient (Wildman–Crippen LogP) is 4.99. The molecule has 3 rings (SSSR count). The van der Waals surface area contributed by atoms with Crippen molar-refractivity contribution in [2.75, 3.05) is 0 Å². The lowest BCUT2D eigenvalue weighted by Gasteiger charge is -2.00. The molecule has 0 saturated carbocycles. The van der Waals surface area contributed by atoms with Crippen LogP contribution in [0, 0.1) is 6.07 Å². The van der Waals surface area contributed by atoms with Gasteiger partial charge in [0.15, 0.2) is 0 Å². The molecule has 3 aromatic rings. The van der Waals surface area contributed by atoms with Crippen molar-refractivity contribution < 1.29 is 0 Å². The van der Waals surface area contributed by atoms with Crippen molar-refractivity contribution >= 4 is 23.8 Å². The number of benzene rings is 3. The molecule has 2 nitrogen and oxygen atoms in total. The number of nitrogens with zero attached hydrogens (tertiary/aromatic N) is 2. The van der Waals surface area contributed by atoms with Gasteiger partial charge in [-0.05, 0) is 23.8 Å². The largest absolute Gasteiger partial charge is 0.254 e. The van der Waals surface area contributed by atoms with Crippen molar-refractivity contribution in [1.82, 2.24) is 0 Å². The molecule has 0 aromatic heterocycles. The first-order valence-electron chi connectivity index (χ1n) is 7.11. The number of rotatable bonds is 4. The Labute approximate surface area is 130 Å². The van der Waals surface area contributed by atoms with Gasteiger partial charge >= 0.3 is 0 Å². The Morgan fingerprint density at radius 2 is 1.27 bits per heavy atom. The van der Waals surface area contributed by atoms with Crippen LogP contribution in [0.5, 0.6) is 0 Å². The quantitative estimate of drug-likeness (QED) is 0.603. The summed E-state index contributed by atoms with van der Waals surface area (Å²) in [5.74, 6) is 0. The molecule has 0 unspecified atom stereocenters. The van der Waals surface area contributed by atoms with Crippen LogP contribution < -0.4 is 0 Å². The van der Waals surface area contributed by atoms with Crippen molar-refractivity contribution in [3.05, 3.63) is 96.1 Å². The third-order valence-corrected chi connectivity index (χ3v) is 3.11. The molecule has 1 radical (unpaired) electrons. The highest BCUT2D eigenvalue weighted by atomic mass is 14.8. The van der Waals surface area contributed by atoms with Crippen LogP contribution in [0.3, 0.4) is 0 Å². The Morgan fingerprint density at radius 3 is 1.95 bits per heavy atom. The lowest BCUT2D eigenvalue weighted by molar-refractivity contribution is 1.45. The third kappa shape index (κ3) is 3.76. The third-order valence-electron chi connectivity index (χ3n) is 3.11. The Bertz CT molecular complexity index is 707. The van der Waals surface area contributed by atoms with Gasteiger partial charge in [-0.15, -0.1) is 0 Å². The SMILES string of the molecule is [c]1ccccc1C=Nc1ccccc1N=Cc1ccccc1. The summed E-state index contributed by atoms with van der Waals surface area (Å²) in [7, 11) is 0. The molecule has 0 atom stereocenters. The lowest BCUT2D eigenvalue weighted by atomic mass is 10.2. The fraction of sp³-hybridized carbons (Fsp3) is 0. The van der Waals surface area contributed by atoms with Gasteiger partial charge in [0.25, 0.3) is 0 Å². The number of aliphatic imine (C=N–C) groups is 2. The van der Waals surface area contributed by atoms with Gasteiger partial charge in [0, 0.05) is 18.0 Å². The van der Waals surface area contributed by atoms with Gasteiger partial charge in [0.1, 0.15) is 0 Å². The van der Waals surface area contributed by atoms with Crippen molar-refractivity contribution in [3.63, 3.8) is 0 Å². The number of para-hydroxylation sites is 2. The van der Waals surface area contributed by atoms with Crippen molar-refractivity contribution in [2.24, 2.45) is 9.98 Å². The van der Waals surface area contributed by atoms with E-state index in [-0.39, 0.29) is 0 Å². The van der Waals surface area contributed by atoms with Crippen LogP contribution in [0.2, 0.25) is 0 Å². The van der Waals surface area contributed by atoms with Crippen LogP contribution >= 0.6 is 0 Å². The Morgan fingerprint density at radius 1 is 0.636 bits per heavy atom. The summed E-state index contributed by atoms with van der Waals surface area (Å²) in [6.07, 6.45) is 3.65. The monoisotopic (exact) mass is 283 g/mol. The summed E-state index contributed by atoms with van der Waals surface area (Å²) < 4.78 is 0. The molecule has 0 bridgehead atoms. The number of hydrogen-bond acceptors (Lipinski definition) is 2. The maximum Gasteiger partial charge on any atom is 0.0886 e. The second-order valence-corrected chi connectivity index (χ2v) is 4.73. The van der Waals surface area contributed by atoms with Gasteiger partial charge in [-0.2, -0.15) is 0 Å². The highest BCUT2D eigenvalue weighted by Gasteiger charge is 1.97. The van der Waals surface area contributed by atoms with E-state index in [1.165, 1.54) is 0 Å². The standard InChI is InChI=1S/C20H15N2/c1-3-9-17(10-4-1)15-21-19-13-7-8-14-20(19)22-16-18-11-5-2-6-12-18/h1-11,13-16H. The van der Waals surface area contributed by atoms with Crippen molar-refractivity contribution in [1.29, 1.82) is 0 Å². The fourth-order valence-corrected chi connectivity index (χ4v) is 1.99. The van der Waals surface area contributed by atoms with E-state index in [0.29, 0.717) is 0 Å². The second kappa shape index (κ2) is 7.14. The molecule has 0 heterocycles. The lowest BCUT2D eigenvalue weighted by Crippen LogP contribution is -1.80. The molecule has 0 aliphatic heterocycles. The highest BCUT2D eigenvalue weighted by Crippen LogP contribution is 2.27. The first-order chi connectivity index (χ1) is 10.9. The Balaban J connectivity index is 1.84. The Hall–Kier alpha value is -3.00. The van der Waals surface area contributed by atoms with E-state index >= 15 is 0 Å². The van der Waals surface area contributed by atoms with E-state index in [1.807, 2.05) is 85.1 Å². The first kappa shape index (κ1) is 14.0. The molecule has 105 valence electrons. The maximum atomic E-state index is 4.54. The van der Waals surface area contributed by atoms with E-state index in [0.717, 1.165) is 22.5 Å². The van der Waals surface area contributed by atoms with Crippen LogP contribution in [0.1, 0.15) is 11.1 Å². The van der Waals surface area contributed by atoms with Crippen molar-refractivity contribution in [2.45, 2.75) is 0 Å². The predicted molar refractivity (Wildman–Crippen MR) is 92.7 cm³/mol. The van der Waals surface area contributed by atoms with E-state index in [4.69, 9.17) is 0 Å². The van der Waals surface area contributed by atoms with Crippen molar-refractivity contribution in [3.8, 4) is 0 Å². The molecule has 22 heavy (non-hydrogen) atoms. The van der Waals surface area contributed by atoms with Gasteiger partial charge in [0.05, 0.1) is 11.4 Å². The van der Waals surface area contributed by atoms with Crippen LogP contribution in [0.25, 0.3) is 0 Å². The smallest absolute Gasteiger partial charge is 0.0886 e. The molecule has 0 fully saturated rings. The van der Waals surface area contributed by atoms with Crippen LogP contribution in [-0.4, -0.2) is 12.4 Å². The molecule has 0 saturated heterocycles. The average Bonchev–Trinajstić information content (AvgIpc) is 2.61. The Kier molecular flexibility index (Phi) is 4.53. The topological polar surface area (TPSA) is 24.7 Å². The molecule has 3 aromatic carbocycles. The summed E-state index contributed by atoms with van der Waals surface area (Å²) in [5.41, 5.74) is 3.70. The van der Waals surface area contributed by atoms with Crippen LogP contribution in [-0.2, 0) is 0 Å². The van der Waals surface area contributed by atoms with Gasteiger partial charge in [0.2, 0.25) is 0 Å². The zero-order valence-electron chi connectivity index (χ0n) is 12.1. The zero-order chi connectivity index (χ0) is 15.0. The summed E-state index contributed by atoms with van der Waals surface area (Å²) >= 11 is 0. The maximum absolute atomic E-state index is 4.54. The average molecular weight is 283 g/mol. The van der Waals surface area contributed by atoms with Crippen LogP contribution in [0.15, 0.2) is 88.8 Å². The zero-order valence-corrected chi connectivity index (χ0v) is 12.1. The minimum Gasteiger partial charge on any atom is -0.254 e. The molecular formula is C20H15N2. The summed E-state index contributed by atoms with van der Waals surface area (Å²) in [4.78, 5) is 9.06. The number of hydrogen-bond donors (Lipinski definition) is 0. The molecule has 0 spiro atoms. The van der Waals surface area contributed by atoms with Gasteiger partial charge < -0.3 is 0 Å². The van der Waals surface area contributed by atoms with Gasteiger partial charge in [-0.1, -0.05) is 66.7 Å². The van der Waals surface area contributed by atoms with E-state index in [2.05, 4.69) is 16.1 Å². The molecule has 0 N–H and O–H groups in total. The summed E-state index contributed by atoms with van der Waals surface area (Å²) in [6.45, 7) is 0. The van der Waals surface area contributed by atoms with Gasteiger partial charge in [-0.25, -0.2) is 0 Å². The summed E-state index contributed by atoms with van der Waals surface area (Å²) in [5, 5.41) is 0. The molecule has 0 aliphatic carbocycles. The highest BCUT2D eigenvalue weighted by molar-refractivity contribution is 5.86. The minimum atomic E-state index is 0.840. The molecule has 2 heteroatoms. The van der Waals surface area contributed by atoms with E-state index in [9.17, 15) is 0 Å². The first-order valence-corrected chi connectivity index (χ1v) is 7.11. The van der Waals surface area contributed by atoms with Gasteiger partial charge in [-0.3, -0.25) is 9.98 Å². The minimum absolute atomic E-state index is 0.840. The normalized spacial score (nSPS) is 11.3.